The van der Waals surface area contributed by atoms with Crippen LogP contribution in [-0.4, -0.2) is 35.4 Å². The van der Waals surface area contributed by atoms with Crippen molar-refractivity contribution < 1.29 is 9.53 Å². The predicted molar refractivity (Wildman–Crippen MR) is 121 cm³/mol. The van der Waals surface area contributed by atoms with Crippen LogP contribution < -0.4 is 5.32 Å². The number of para-hydroxylation sites is 1. The number of rotatable bonds is 9. The SMILES string of the molecule is CCOCCCNC(=O)/C(C#N)=C/c1cn(-c2ccccc2)nc1-c1ccccc1C. The van der Waals surface area contributed by atoms with Gasteiger partial charge in [-0.15, -0.1) is 0 Å². The molecule has 0 bridgehead atoms. The number of aryl methyl sites for hydroxylation is 1. The summed E-state index contributed by atoms with van der Waals surface area (Å²) in [5, 5.41) is 17.2. The fourth-order valence-electron chi connectivity index (χ4n) is 3.17. The lowest BCUT2D eigenvalue weighted by Gasteiger charge is -2.05. The number of nitrogens with one attached hydrogen (secondary N) is 1. The van der Waals surface area contributed by atoms with E-state index in [0.29, 0.717) is 31.7 Å². The van der Waals surface area contributed by atoms with Crippen molar-refractivity contribution in [3.05, 3.63) is 77.5 Å². The molecule has 1 heterocycles. The highest BCUT2D eigenvalue weighted by Crippen LogP contribution is 2.28. The lowest BCUT2D eigenvalue weighted by Crippen LogP contribution is -2.26. The number of aromatic nitrogens is 2. The molecule has 0 spiro atoms. The number of ether oxygens (including phenoxy) is 1. The quantitative estimate of drug-likeness (QED) is 0.322. The minimum Gasteiger partial charge on any atom is -0.382 e. The number of hydrogen-bond donors (Lipinski definition) is 1. The molecule has 2 aromatic carbocycles. The predicted octanol–water partition coefficient (Wildman–Crippen LogP) is 4.30. The first-order valence-electron chi connectivity index (χ1n) is 10.3. The van der Waals surface area contributed by atoms with Gasteiger partial charge in [0, 0.05) is 37.1 Å². The number of nitrogens with zero attached hydrogens (tertiary/aromatic N) is 3. The lowest BCUT2D eigenvalue weighted by molar-refractivity contribution is -0.117. The highest BCUT2D eigenvalue weighted by molar-refractivity contribution is 6.02. The summed E-state index contributed by atoms with van der Waals surface area (Å²) in [4.78, 5) is 12.5. The Morgan fingerprint density at radius 3 is 2.65 bits per heavy atom. The van der Waals surface area contributed by atoms with Gasteiger partial charge in [-0.25, -0.2) is 4.68 Å². The largest absolute Gasteiger partial charge is 0.382 e. The van der Waals surface area contributed by atoms with E-state index in [4.69, 9.17) is 9.84 Å². The zero-order valence-corrected chi connectivity index (χ0v) is 17.8. The van der Waals surface area contributed by atoms with Crippen LogP contribution in [0.25, 0.3) is 23.0 Å². The van der Waals surface area contributed by atoms with Gasteiger partial charge < -0.3 is 10.1 Å². The Morgan fingerprint density at radius 2 is 1.94 bits per heavy atom. The molecular weight excluding hydrogens is 388 g/mol. The van der Waals surface area contributed by atoms with Gasteiger partial charge in [-0.1, -0.05) is 42.5 Å². The Bertz CT molecular complexity index is 1090. The van der Waals surface area contributed by atoms with Crippen LogP contribution in [0.1, 0.15) is 24.5 Å². The first-order chi connectivity index (χ1) is 15.1. The Labute approximate surface area is 182 Å². The fraction of sp³-hybridized carbons (Fsp3) is 0.240. The van der Waals surface area contributed by atoms with Gasteiger partial charge in [-0.2, -0.15) is 10.4 Å². The van der Waals surface area contributed by atoms with E-state index >= 15 is 0 Å². The maximum Gasteiger partial charge on any atom is 0.261 e. The topological polar surface area (TPSA) is 79.9 Å². The van der Waals surface area contributed by atoms with Crippen molar-refractivity contribution in [3.63, 3.8) is 0 Å². The van der Waals surface area contributed by atoms with Crippen LogP contribution in [0.15, 0.2) is 66.4 Å². The van der Waals surface area contributed by atoms with Crippen molar-refractivity contribution in [1.29, 1.82) is 5.26 Å². The molecule has 0 aliphatic rings. The summed E-state index contributed by atoms with van der Waals surface area (Å²) in [5.74, 6) is -0.401. The molecule has 0 unspecified atom stereocenters. The number of nitriles is 1. The van der Waals surface area contributed by atoms with Gasteiger partial charge in [0.2, 0.25) is 0 Å². The van der Waals surface area contributed by atoms with Gasteiger partial charge in [0.15, 0.2) is 0 Å². The third kappa shape index (κ3) is 5.68. The van der Waals surface area contributed by atoms with E-state index in [-0.39, 0.29) is 5.57 Å². The molecule has 0 fully saturated rings. The van der Waals surface area contributed by atoms with Crippen molar-refractivity contribution in [2.45, 2.75) is 20.3 Å². The van der Waals surface area contributed by atoms with Crippen molar-refractivity contribution in [2.24, 2.45) is 0 Å². The molecule has 1 N–H and O–H groups in total. The average Bonchev–Trinajstić information content (AvgIpc) is 3.21. The zero-order chi connectivity index (χ0) is 22.1. The van der Waals surface area contributed by atoms with Gasteiger partial charge >= 0.3 is 0 Å². The molecule has 3 rings (SSSR count). The standard InChI is InChI=1S/C25H26N4O2/c1-3-31-15-9-14-27-25(30)20(17-26)16-21-18-29(22-11-5-4-6-12-22)28-24(21)23-13-8-7-10-19(23)2/h4-8,10-13,16,18H,3,9,14-15H2,1-2H3,(H,27,30)/b20-16+. The second kappa shape index (κ2) is 10.9. The minimum atomic E-state index is -0.401. The summed E-state index contributed by atoms with van der Waals surface area (Å²) in [5.41, 5.74) is 4.39. The smallest absolute Gasteiger partial charge is 0.261 e. The molecule has 1 amide bonds. The minimum absolute atomic E-state index is 0.0406. The monoisotopic (exact) mass is 414 g/mol. The number of benzene rings is 2. The molecule has 3 aromatic rings. The molecule has 158 valence electrons. The van der Waals surface area contributed by atoms with E-state index in [2.05, 4.69) is 5.32 Å². The molecule has 0 saturated carbocycles. The molecule has 0 saturated heterocycles. The van der Waals surface area contributed by atoms with E-state index in [0.717, 1.165) is 22.5 Å². The number of amides is 1. The van der Waals surface area contributed by atoms with Crippen molar-refractivity contribution in [3.8, 4) is 23.0 Å². The second-order valence-electron chi connectivity index (χ2n) is 7.00. The van der Waals surface area contributed by atoms with E-state index in [9.17, 15) is 10.1 Å². The summed E-state index contributed by atoms with van der Waals surface area (Å²) in [6.07, 6.45) is 4.14. The molecule has 6 heteroatoms. The normalized spacial score (nSPS) is 11.2. The zero-order valence-electron chi connectivity index (χ0n) is 17.8. The maximum atomic E-state index is 12.5. The first kappa shape index (κ1) is 22.0. The third-order valence-corrected chi connectivity index (χ3v) is 4.78. The Hall–Kier alpha value is -3.69. The van der Waals surface area contributed by atoms with Crippen LogP contribution in [0.2, 0.25) is 0 Å². The van der Waals surface area contributed by atoms with Crippen LogP contribution in [0.3, 0.4) is 0 Å². The van der Waals surface area contributed by atoms with Gasteiger partial charge in [0.05, 0.1) is 5.69 Å². The van der Waals surface area contributed by atoms with Crippen molar-refractivity contribution in [2.75, 3.05) is 19.8 Å². The third-order valence-electron chi connectivity index (χ3n) is 4.78. The van der Waals surface area contributed by atoms with E-state index < -0.39 is 5.91 Å². The summed E-state index contributed by atoms with van der Waals surface area (Å²) in [6, 6.07) is 19.7. The van der Waals surface area contributed by atoms with E-state index in [1.807, 2.05) is 80.7 Å². The first-order valence-corrected chi connectivity index (χ1v) is 10.3. The summed E-state index contributed by atoms with van der Waals surface area (Å²) >= 11 is 0. The van der Waals surface area contributed by atoms with Gasteiger partial charge in [0.1, 0.15) is 17.3 Å². The molecule has 0 atom stereocenters. The Kier molecular flexibility index (Phi) is 7.74. The second-order valence-corrected chi connectivity index (χ2v) is 7.00. The summed E-state index contributed by atoms with van der Waals surface area (Å²) in [7, 11) is 0. The molecule has 1 aromatic heterocycles. The van der Waals surface area contributed by atoms with E-state index in [1.165, 1.54) is 0 Å². The maximum absolute atomic E-state index is 12.5. The van der Waals surface area contributed by atoms with Gasteiger partial charge in [-0.3, -0.25) is 4.79 Å². The van der Waals surface area contributed by atoms with Gasteiger partial charge in [0.25, 0.3) is 5.91 Å². The van der Waals surface area contributed by atoms with E-state index in [1.54, 1.807) is 10.8 Å². The highest BCUT2D eigenvalue weighted by Gasteiger charge is 2.16. The number of carbonyl (C=O) groups is 1. The van der Waals surface area contributed by atoms with Crippen LogP contribution in [-0.2, 0) is 9.53 Å². The number of hydrogen-bond acceptors (Lipinski definition) is 4. The molecule has 31 heavy (non-hydrogen) atoms. The summed E-state index contributed by atoms with van der Waals surface area (Å²) < 4.78 is 7.04. The Morgan fingerprint density at radius 1 is 1.19 bits per heavy atom. The van der Waals surface area contributed by atoms with Crippen LogP contribution in [0.4, 0.5) is 0 Å². The lowest BCUT2D eigenvalue weighted by atomic mass is 10.0. The van der Waals surface area contributed by atoms with Crippen LogP contribution >= 0.6 is 0 Å². The average molecular weight is 415 g/mol. The number of carbonyl (C=O) groups excluding carboxylic acids is 1. The van der Waals surface area contributed by atoms with Crippen LogP contribution in [0.5, 0.6) is 0 Å². The van der Waals surface area contributed by atoms with Crippen LogP contribution in [0, 0.1) is 18.3 Å². The summed E-state index contributed by atoms with van der Waals surface area (Å²) in [6.45, 7) is 5.61. The fourth-order valence-corrected chi connectivity index (χ4v) is 3.17. The highest BCUT2D eigenvalue weighted by atomic mass is 16.5. The van der Waals surface area contributed by atoms with Gasteiger partial charge in [-0.05, 0) is 44.0 Å². The molecular formula is C25H26N4O2. The van der Waals surface area contributed by atoms with Crippen molar-refractivity contribution >= 4 is 12.0 Å². The molecule has 0 aliphatic carbocycles. The molecule has 6 nitrogen and oxygen atoms in total. The van der Waals surface area contributed by atoms with Crippen molar-refractivity contribution in [1.82, 2.24) is 15.1 Å². The molecule has 0 radical (unpaired) electrons. The Balaban J connectivity index is 1.94. The molecule has 0 aliphatic heterocycles.